The maximum absolute atomic E-state index is 12.7. The van der Waals surface area contributed by atoms with Crippen LogP contribution in [0.25, 0.3) is 0 Å². The van der Waals surface area contributed by atoms with Crippen molar-refractivity contribution in [3.63, 3.8) is 0 Å². The van der Waals surface area contributed by atoms with E-state index in [1.807, 2.05) is 32.0 Å². The summed E-state index contributed by atoms with van der Waals surface area (Å²) in [5.41, 5.74) is 4.34. The molecule has 28 heavy (non-hydrogen) atoms. The molecule has 0 atom stereocenters. The molecule has 0 spiro atoms. The van der Waals surface area contributed by atoms with Gasteiger partial charge in [0.1, 0.15) is 6.54 Å². The summed E-state index contributed by atoms with van der Waals surface area (Å²) in [6.07, 6.45) is 5.25. The number of carbonyl (C=O) groups excluding carboxylic acids is 1. The highest BCUT2D eigenvalue weighted by Crippen LogP contribution is 2.22. The van der Waals surface area contributed by atoms with Gasteiger partial charge in [-0.2, -0.15) is 0 Å². The van der Waals surface area contributed by atoms with Crippen molar-refractivity contribution in [1.29, 1.82) is 0 Å². The number of nitrogens with zero attached hydrogens (tertiary/aromatic N) is 1. The lowest BCUT2D eigenvalue weighted by Crippen LogP contribution is -3.00. The fourth-order valence-electron chi connectivity index (χ4n) is 4.46. The third-order valence-corrected chi connectivity index (χ3v) is 5.96. The van der Waals surface area contributed by atoms with E-state index in [1.165, 1.54) is 44.3 Å². The lowest BCUT2D eigenvalue weighted by Gasteiger charge is -2.38. The van der Waals surface area contributed by atoms with Crippen molar-refractivity contribution in [2.24, 2.45) is 0 Å². The molecule has 0 aromatic heterocycles. The lowest BCUT2D eigenvalue weighted by molar-refractivity contribution is -0.939. The average molecular weight is 492 g/mol. The number of hydrogen-bond acceptors (Lipinski definition) is 1. The fraction of sp³-hybridized carbons (Fsp3) is 0.458. The Labute approximate surface area is 187 Å². The number of aryl methyl sites for hydroxylation is 2. The molecule has 2 aromatic carbocycles. The molecule has 1 saturated heterocycles. The van der Waals surface area contributed by atoms with E-state index in [9.17, 15) is 4.79 Å². The third-order valence-electron chi connectivity index (χ3n) is 5.96. The van der Waals surface area contributed by atoms with Crippen molar-refractivity contribution in [3.05, 3.63) is 70.8 Å². The summed E-state index contributed by atoms with van der Waals surface area (Å²) in [6.45, 7) is 9.27. The maximum Gasteiger partial charge on any atom is 0.252 e. The van der Waals surface area contributed by atoms with Gasteiger partial charge in [0.25, 0.3) is 5.91 Å². The molecular weight excluding hydrogens is 459 g/mol. The minimum Gasteiger partial charge on any atom is -1.00 e. The lowest BCUT2D eigenvalue weighted by atomic mass is 10.0. The highest BCUT2D eigenvalue weighted by Gasteiger charge is 2.29. The van der Waals surface area contributed by atoms with Crippen molar-refractivity contribution in [2.45, 2.75) is 46.1 Å². The van der Waals surface area contributed by atoms with E-state index >= 15 is 0 Å². The number of likely N-dealkylation sites (tertiary alicyclic amines) is 1. The average Bonchev–Trinajstić information content (AvgIpc) is 2.88. The summed E-state index contributed by atoms with van der Waals surface area (Å²) in [4.78, 5) is 12.7. The van der Waals surface area contributed by atoms with E-state index in [-0.39, 0.29) is 29.9 Å². The van der Waals surface area contributed by atoms with Crippen molar-refractivity contribution in [1.82, 2.24) is 5.32 Å². The van der Waals surface area contributed by atoms with Gasteiger partial charge in [-0.25, -0.2) is 0 Å². The third kappa shape index (κ3) is 6.05. The molecule has 1 aliphatic rings. The molecule has 2 aromatic rings. The smallest absolute Gasteiger partial charge is 0.252 e. The normalized spacial score (nSPS) is 15.9. The number of halogens is 1. The molecule has 1 N–H and O–H groups in total. The number of benzene rings is 2. The van der Waals surface area contributed by atoms with Crippen LogP contribution in [0.15, 0.2) is 48.5 Å². The Kier molecular flexibility index (Phi) is 8.96. The summed E-state index contributed by atoms with van der Waals surface area (Å²) < 4.78 is 1.09. The van der Waals surface area contributed by atoms with Crippen LogP contribution in [0, 0.1) is 13.8 Å². The SMILES string of the molecule is Cc1cccc(C)c1C(=O)NCC[N+]1(Cc2ccccc2)CCCCCC1.[I-]. The second kappa shape index (κ2) is 11.0. The van der Waals surface area contributed by atoms with Gasteiger partial charge in [0.15, 0.2) is 0 Å². The minimum absolute atomic E-state index is 0. The van der Waals surface area contributed by atoms with Gasteiger partial charge in [-0.3, -0.25) is 4.79 Å². The van der Waals surface area contributed by atoms with Gasteiger partial charge in [-0.1, -0.05) is 48.5 Å². The largest absolute Gasteiger partial charge is 1.00 e. The van der Waals surface area contributed by atoms with Crippen LogP contribution in [-0.4, -0.2) is 36.6 Å². The van der Waals surface area contributed by atoms with Gasteiger partial charge in [0.2, 0.25) is 0 Å². The van der Waals surface area contributed by atoms with Crippen molar-refractivity contribution >= 4 is 5.91 Å². The summed E-state index contributed by atoms with van der Waals surface area (Å²) in [5, 5.41) is 3.20. The molecule has 0 unspecified atom stereocenters. The van der Waals surface area contributed by atoms with Gasteiger partial charge in [0.05, 0.1) is 26.2 Å². The van der Waals surface area contributed by atoms with E-state index in [4.69, 9.17) is 0 Å². The van der Waals surface area contributed by atoms with E-state index in [2.05, 4.69) is 35.6 Å². The molecule has 0 bridgehead atoms. The summed E-state index contributed by atoms with van der Waals surface area (Å²) in [5.74, 6) is 0.0679. The van der Waals surface area contributed by atoms with Crippen LogP contribution in [-0.2, 0) is 6.54 Å². The van der Waals surface area contributed by atoms with Crippen molar-refractivity contribution in [2.75, 3.05) is 26.2 Å². The first-order valence-electron chi connectivity index (χ1n) is 10.3. The van der Waals surface area contributed by atoms with Crippen molar-refractivity contribution in [3.8, 4) is 0 Å². The first-order chi connectivity index (χ1) is 13.1. The number of carbonyl (C=O) groups is 1. The monoisotopic (exact) mass is 492 g/mol. The highest BCUT2D eigenvalue weighted by molar-refractivity contribution is 5.97. The van der Waals surface area contributed by atoms with Gasteiger partial charge in [-0.05, 0) is 50.7 Å². The summed E-state index contributed by atoms with van der Waals surface area (Å²) >= 11 is 0. The molecule has 152 valence electrons. The summed E-state index contributed by atoms with van der Waals surface area (Å²) in [6, 6.07) is 16.9. The van der Waals surface area contributed by atoms with Crippen LogP contribution in [0.4, 0.5) is 0 Å². The van der Waals surface area contributed by atoms with Gasteiger partial charge in [-0.15, -0.1) is 0 Å². The van der Waals surface area contributed by atoms with Crippen LogP contribution in [0.1, 0.15) is 52.7 Å². The molecule has 0 saturated carbocycles. The molecule has 1 fully saturated rings. The van der Waals surface area contributed by atoms with E-state index in [0.717, 1.165) is 40.8 Å². The second-order valence-corrected chi connectivity index (χ2v) is 8.09. The van der Waals surface area contributed by atoms with Crippen LogP contribution >= 0.6 is 0 Å². The first kappa shape index (κ1) is 22.9. The second-order valence-electron chi connectivity index (χ2n) is 8.09. The molecule has 3 nitrogen and oxygen atoms in total. The number of amides is 1. The minimum atomic E-state index is 0. The number of quaternary nitrogens is 1. The number of rotatable bonds is 6. The standard InChI is InChI=1S/C24H32N2O.HI/c1-20-11-10-12-21(2)23(20)24(27)25-15-18-26(16-8-3-4-9-17-26)19-22-13-6-5-7-14-22;/h5-7,10-14H,3-4,8-9,15-19H2,1-2H3;1H. The van der Waals surface area contributed by atoms with Gasteiger partial charge in [0, 0.05) is 11.1 Å². The highest BCUT2D eigenvalue weighted by atomic mass is 127. The number of hydrogen-bond donors (Lipinski definition) is 1. The Morgan fingerprint density at radius 3 is 2.11 bits per heavy atom. The van der Waals surface area contributed by atoms with E-state index < -0.39 is 0 Å². The molecule has 0 radical (unpaired) electrons. The molecule has 4 heteroatoms. The molecule has 1 heterocycles. The van der Waals surface area contributed by atoms with E-state index in [0.29, 0.717) is 0 Å². The predicted molar refractivity (Wildman–Crippen MR) is 112 cm³/mol. The van der Waals surface area contributed by atoms with Gasteiger partial charge < -0.3 is 33.8 Å². The predicted octanol–water partition coefficient (Wildman–Crippen LogP) is 1.63. The zero-order valence-corrected chi connectivity index (χ0v) is 19.4. The molecular formula is C24H33IN2O. The zero-order chi connectivity index (χ0) is 19.1. The van der Waals surface area contributed by atoms with Crippen LogP contribution in [0.5, 0.6) is 0 Å². The Morgan fingerprint density at radius 2 is 1.50 bits per heavy atom. The first-order valence-corrected chi connectivity index (χ1v) is 10.3. The number of nitrogens with one attached hydrogen (secondary N) is 1. The topological polar surface area (TPSA) is 29.1 Å². The van der Waals surface area contributed by atoms with E-state index in [1.54, 1.807) is 0 Å². The van der Waals surface area contributed by atoms with Crippen LogP contribution < -0.4 is 29.3 Å². The van der Waals surface area contributed by atoms with Crippen LogP contribution in [0.2, 0.25) is 0 Å². The Balaban J connectivity index is 0.00000280. The molecule has 1 amide bonds. The maximum atomic E-state index is 12.7. The summed E-state index contributed by atoms with van der Waals surface area (Å²) in [7, 11) is 0. The molecule has 3 rings (SSSR count). The molecule has 0 aliphatic carbocycles. The van der Waals surface area contributed by atoms with Crippen molar-refractivity contribution < 1.29 is 33.3 Å². The Morgan fingerprint density at radius 1 is 0.893 bits per heavy atom. The fourth-order valence-corrected chi connectivity index (χ4v) is 4.46. The van der Waals surface area contributed by atoms with Crippen LogP contribution in [0.3, 0.4) is 0 Å². The molecule has 1 aliphatic heterocycles. The quantitative estimate of drug-likeness (QED) is 0.482. The Bertz CT molecular complexity index is 732. The Hall–Kier alpha value is -1.40. The van der Waals surface area contributed by atoms with Gasteiger partial charge >= 0.3 is 0 Å². The zero-order valence-electron chi connectivity index (χ0n) is 17.2.